The van der Waals surface area contributed by atoms with E-state index >= 15 is 0 Å². The van der Waals surface area contributed by atoms with Gasteiger partial charge in [-0.3, -0.25) is 0 Å². The second-order valence-corrected chi connectivity index (χ2v) is 4.19. The van der Waals surface area contributed by atoms with Crippen molar-refractivity contribution in [2.75, 3.05) is 13.1 Å². The monoisotopic (exact) mass is 206 g/mol. The third-order valence-electron chi connectivity index (χ3n) is 3.26. The van der Waals surface area contributed by atoms with Crippen molar-refractivity contribution in [3.8, 4) is 5.75 Å². The van der Waals surface area contributed by atoms with Crippen LogP contribution in [-0.2, 0) is 5.54 Å². The predicted molar refractivity (Wildman–Crippen MR) is 60.7 cm³/mol. The molecule has 0 spiro atoms. The van der Waals surface area contributed by atoms with E-state index < -0.39 is 0 Å². The molecule has 0 saturated carbocycles. The zero-order chi connectivity index (χ0) is 10.7. The van der Waals surface area contributed by atoms with Crippen LogP contribution in [0.2, 0.25) is 0 Å². The maximum absolute atomic E-state index is 9.86. The van der Waals surface area contributed by atoms with Gasteiger partial charge in [-0.05, 0) is 31.9 Å². The molecule has 1 aromatic rings. The number of phenolic OH excluding ortho intramolecular Hbond substituents is 1. The summed E-state index contributed by atoms with van der Waals surface area (Å²) in [5.74, 6) is 0.345. The number of aromatic hydroxyl groups is 1. The highest BCUT2D eigenvalue weighted by atomic mass is 16.3. The lowest BCUT2D eigenvalue weighted by Gasteiger charge is -2.38. The van der Waals surface area contributed by atoms with Gasteiger partial charge in [0.15, 0.2) is 0 Å². The Kier molecular flexibility index (Phi) is 2.93. The SMILES string of the molecule is NCC1(c2ccccc2O)CCCCN1. The first-order chi connectivity index (χ1) is 7.28. The average molecular weight is 206 g/mol. The Balaban J connectivity index is 2.36. The van der Waals surface area contributed by atoms with Crippen molar-refractivity contribution < 1.29 is 5.11 Å². The van der Waals surface area contributed by atoms with Crippen LogP contribution < -0.4 is 11.1 Å². The zero-order valence-corrected chi connectivity index (χ0v) is 8.87. The summed E-state index contributed by atoms with van der Waals surface area (Å²) in [6.07, 6.45) is 3.36. The lowest BCUT2D eigenvalue weighted by molar-refractivity contribution is 0.257. The number of benzene rings is 1. The molecule has 1 aromatic carbocycles. The van der Waals surface area contributed by atoms with Gasteiger partial charge in [0.1, 0.15) is 5.75 Å². The Labute approximate surface area is 90.3 Å². The minimum Gasteiger partial charge on any atom is -0.508 e. The van der Waals surface area contributed by atoms with E-state index in [1.807, 2.05) is 18.2 Å². The molecular formula is C12H18N2O. The average Bonchev–Trinajstić information content (AvgIpc) is 2.30. The van der Waals surface area contributed by atoms with Gasteiger partial charge in [0.25, 0.3) is 0 Å². The largest absolute Gasteiger partial charge is 0.508 e. The minimum atomic E-state index is -0.219. The molecule has 3 nitrogen and oxygen atoms in total. The second-order valence-electron chi connectivity index (χ2n) is 4.19. The van der Waals surface area contributed by atoms with E-state index in [1.165, 1.54) is 12.8 Å². The van der Waals surface area contributed by atoms with Crippen LogP contribution >= 0.6 is 0 Å². The molecule has 2 rings (SSSR count). The summed E-state index contributed by atoms with van der Waals surface area (Å²) < 4.78 is 0. The van der Waals surface area contributed by atoms with Crippen LogP contribution in [0, 0.1) is 0 Å². The number of para-hydroxylation sites is 1. The molecule has 4 N–H and O–H groups in total. The topological polar surface area (TPSA) is 58.3 Å². The second kappa shape index (κ2) is 4.21. The fourth-order valence-electron chi connectivity index (χ4n) is 2.36. The van der Waals surface area contributed by atoms with Crippen molar-refractivity contribution in [3.63, 3.8) is 0 Å². The molecule has 1 saturated heterocycles. The van der Waals surface area contributed by atoms with Gasteiger partial charge in [-0.15, -0.1) is 0 Å². The van der Waals surface area contributed by atoms with Gasteiger partial charge in [-0.25, -0.2) is 0 Å². The van der Waals surface area contributed by atoms with Crippen LogP contribution in [0.4, 0.5) is 0 Å². The van der Waals surface area contributed by atoms with E-state index in [4.69, 9.17) is 5.73 Å². The first-order valence-corrected chi connectivity index (χ1v) is 5.52. The summed E-state index contributed by atoms with van der Waals surface area (Å²) in [5, 5.41) is 13.3. The van der Waals surface area contributed by atoms with E-state index in [-0.39, 0.29) is 5.54 Å². The highest BCUT2D eigenvalue weighted by molar-refractivity contribution is 5.38. The molecular weight excluding hydrogens is 188 g/mol. The number of nitrogens with one attached hydrogen (secondary N) is 1. The summed E-state index contributed by atoms with van der Waals surface area (Å²) in [5.41, 5.74) is 6.58. The number of hydrogen-bond acceptors (Lipinski definition) is 3. The summed E-state index contributed by atoms with van der Waals surface area (Å²) in [6, 6.07) is 7.47. The smallest absolute Gasteiger partial charge is 0.120 e. The molecule has 1 unspecified atom stereocenters. The summed E-state index contributed by atoms with van der Waals surface area (Å²) in [6.45, 7) is 1.51. The third-order valence-corrected chi connectivity index (χ3v) is 3.26. The van der Waals surface area contributed by atoms with Crippen LogP contribution in [0.5, 0.6) is 5.75 Å². The van der Waals surface area contributed by atoms with Crippen LogP contribution in [0.3, 0.4) is 0 Å². The maximum Gasteiger partial charge on any atom is 0.120 e. The Morgan fingerprint density at radius 3 is 2.73 bits per heavy atom. The lowest BCUT2D eigenvalue weighted by atomic mass is 9.82. The van der Waals surface area contributed by atoms with E-state index in [0.717, 1.165) is 18.5 Å². The molecule has 1 aliphatic rings. The number of hydrogen-bond donors (Lipinski definition) is 3. The van der Waals surface area contributed by atoms with E-state index in [9.17, 15) is 5.11 Å². The summed E-state index contributed by atoms with van der Waals surface area (Å²) in [7, 11) is 0. The molecule has 0 aliphatic carbocycles. The fourth-order valence-corrected chi connectivity index (χ4v) is 2.36. The number of piperidine rings is 1. The predicted octanol–water partition coefficient (Wildman–Crippen LogP) is 1.32. The molecule has 0 bridgehead atoms. The molecule has 1 fully saturated rings. The van der Waals surface area contributed by atoms with Crippen LogP contribution in [0.15, 0.2) is 24.3 Å². The van der Waals surface area contributed by atoms with Gasteiger partial charge in [-0.2, -0.15) is 0 Å². The molecule has 3 heteroatoms. The van der Waals surface area contributed by atoms with Crippen molar-refractivity contribution >= 4 is 0 Å². The van der Waals surface area contributed by atoms with Gasteiger partial charge in [0, 0.05) is 12.1 Å². The van der Waals surface area contributed by atoms with Gasteiger partial charge >= 0.3 is 0 Å². The normalized spacial score (nSPS) is 26.5. The Hall–Kier alpha value is -1.06. The van der Waals surface area contributed by atoms with Gasteiger partial charge in [-0.1, -0.05) is 18.2 Å². The molecule has 1 heterocycles. The van der Waals surface area contributed by atoms with E-state index in [0.29, 0.717) is 12.3 Å². The molecule has 1 atom stereocenters. The molecule has 0 aromatic heterocycles. The summed E-state index contributed by atoms with van der Waals surface area (Å²) in [4.78, 5) is 0. The first-order valence-electron chi connectivity index (χ1n) is 5.52. The lowest BCUT2D eigenvalue weighted by Crippen LogP contribution is -2.51. The highest BCUT2D eigenvalue weighted by Gasteiger charge is 2.33. The van der Waals surface area contributed by atoms with Gasteiger partial charge < -0.3 is 16.2 Å². The third kappa shape index (κ3) is 1.85. The molecule has 0 amide bonds. The van der Waals surface area contributed by atoms with Crippen LogP contribution in [0.1, 0.15) is 24.8 Å². The van der Waals surface area contributed by atoms with Gasteiger partial charge in [0.2, 0.25) is 0 Å². The Morgan fingerprint density at radius 1 is 1.33 bits per heavy atom. The molecule has 1 aliphatic heterocycles. The maximum atomic E-state index is 9.86. The zero-order valence-electron chi connectivity index (χ0n) is 8.87. The number of nitrogens with two attached hydrogens (primary N) is 1. The van der Waals surface area contributed by atoms with Gasteiger partial charge in [0.05, 0.1) is 5.54 Å². The Bertz CT molecular complexity index is 332. The molecule has 82 valence electrons. The van der Waals surface area contributed by atoms with Crippen molar-refractivity contribution in [1.82, 2.24) is 5.32 Å². The van der Waals surface area contributed by atoms with E-state index in [1.54, 1.807) is 6.07 Å². The Morgan fingerprint density at radius 2 is 2.13 bits per heavy atom. The minimum absolute atomic E-state index is 0.219. The van der Waals surface area contributed by atoms with Crippen LogP contribution in [0.25, 0.3) is 0 Å². The van der Waals surface area contributed by atoms with E-state index in [2.05, 4.69) is 5.32 Å². The van der Waals surface area contributed by atoms with Crippen molar-refractivity contribution in [1.29, 1.82) is 0 Å². The summed E-state index contributed by atoms with van der Waals surface area (Å²) >= 11 is 0. The fraction of sp³-hybridized carbons (Fsp3) is 0.500. The number of rotatable bonds is 2. The van der Waals surface area contributed by atoms with Crippen molar-refractivity contribution in [2.24, 2.45) is 5.73 Å². The molecule has 15 heavy (non-hydrogen) atoms. The number of phenols is 1. The quantitative estimate of drug-likeness (QED) is 0.684. The van der Waals surface area contributed by atoms with Crippen molar-refractivity contribution in [2.45, 2.75) is 24.8 Å². The van der Waals surface area contributed by atoms with Crippen LogP contribution in [-0.4, -0.2) is 18.2 Å². The van der Waals surface area contributed by atoms with Crippen molar-refractivity contribution in [3.05, 3.63) is 29.8 Å². The molecule has 0 radical (unpaired) electrons. The highest BCUT2D eigenvalue weighted by Crippen LogP contribution is 2.34. The first kappa shape index (κ1) is 10.5. The standard InChI is InChI=1S/C12H18N2O/c13-9-12(7-3-4-8-14-12)10-5-1-2-6-11(10)15/h1-2,5-6,14-15H,3-4,7-9,13H2.